The van der Waals surface area contributed by atoms with Crippen LogP contribution in [0, 0.1) is 0 Å². The first-order valence-electron chi connectivity index (χ1n) is 5.71. The number of carboxylic acids is 1. The lowest BCUT2D eigenvalue weighted by Gasteiger charge is -2.26. The number of hydrogen-bond donors (Lipinski definition) is 1. The maximum absolute atomic E-state index is 12.6. The van der Waals surface area contributed by atoms with E-state index in [1.807, 2.05) is 6.92 Å². The van der Waals surface area contributed by atoms with Gasteiger partial charge in [0.2, 0.25) is 0 Å². The first-order valence-corrected chi connectivity index (χ1v) is 5.71. The molecule has 0 spiro atoms. The molecule has 0 amide bonds. The van der Waals surface area contributed by atoms with Crippen LogP contribution < -0.4 is 0 Å². The summed E-state index contributed by atoms with van der Waals surface area (Å²) in [5, 5.41) is 8.73. The van der Waals surface area contributed by atoms with Gasteiger partial charge in [0.1, 0.15) is 5.82 Å². The monoisotopic (exact) mass is 261 g/mol. The molecule has 0 saturated heterocycles. The van der Waals surface area contributed by atoms with Gasteiger partial charge in [-0.1, -0.05) is 6.92 Å². The van der Waals surface area contributed by atoms with E-state index in [0.29, 0.717) is 6.54 Å². The predicted molar refractivity (Wildman–Crippen MR) is 61.3 cm³/mol. The van der Waals surface area contributed by atoms with Crippen LogP contribution in [0.15, 0.2) is 12.4 Å². The standard InChI is InChI=1S/C11H17F2N3O2/c1-3-15(8(2)6-10(17)18)7-9-14-4-5-16(9)11(12)13/h4-5,8,11H,3,6-7H2,1-2H3,(H,17,18). The lowest BCUT2D eigenvalue weighted by atomic mass is 10.2. The fraction of sp³-hybridized carbons (Fsp3) is 0.636. The molecule has 1 aromatic heterocycles. The van der Waals surface area contributed by atoms with E-state index in [9.17, 15) is 13.6 Å². The first-order chi connectivity index (χ1) is 8.45. The number of aliphatic carboxylic acids is 1. The van der Waals surface area contributed by atoms with Gasteiger partial charge in [0.15, 0.2) is 0 Å². The van der Waals surface area contributed by atoms with Gasteiger partial charge in [0, 0.05) is 18.4 Å². The molecule has 0 aromatic carbocycles. The van der Waals surface area contributed by atoms with Crippen molar-refractivity contribution < 1.29 is 18.7 Å². The minimum absolute atomic E-state index is 0.0246. The number of nitrogens with zero attached hydrogens (tertiary/aromatic N) is 3. The Morgan fingerprint density at radius 3 is 2.78 bits per heavy atom. The van der Waals surface area contributed by atoms with Crippen molar-refractivity contribution in [2.75, 3.05) is 6.54 Å². The molecule has 0 aliphatic carbocycles. The van der Waals surface area contributed by atoms with E-state index in [1.54, 1.807) is 11.8 Å². The molecule has 0 fully saturated rings. The van der Waals surface area contributed by atoms with Crippen molar-refractivity contribution in [3.63, 3.8) is 0 Å². The Balaban J connectivity index is 2.73. The lowest BCUT2D eigenvalue weighted by Crippen LogP contribution is -2.35. The Kier molecular flexibility index (Phi) is 5.21. The predicted octanol–water partition coefficient (Wildman–Crippen LogP) is 1.96. The van der Waals surface area contributed by atoms with Gasteiger partial charge in [-0.25, -0.2) is 4.98 Å². The van der Waals surface area contributed by atoms with Crippen LogP contribution in [0.5, 0.6) is 0 Å². The van der Waals surface area contributed by atoms with Gasteiger partial charge in [-0.05, 0) is 13.5 Å². The minimum Gasteiger partial charge on any atom is -0.481 e. The third kappa shape index (κ3) is 3.76. The fourth-order valence-corrected chi connectivity index (χ4v) is 1.79. The van der Waals surface area contributed by atoms with Gasteiger partial charge in [-0.3, -0.25) is 14.3 Å². The molecule has 18 heavy (non-hydrogen) atoms. The van der Waals surface area contributed by atoms with E-state index < -0.39 is 12.5 Å². The first kappa shape index (κ1) is 14.6. The molecular weight excluding hydrogens is 244 g/mol. The molecule has 1 unspecified atom stereocenters. The molecule has 0 aliphatic heterocycles. The molecule has 102 valence electrons. The zero-order valence-electron chi connectivity index (χ0n) is 10.4. The molecule has 5 nitrogen and oxygen atoms in total. The molecule has 1 N–H and O–H groups in total. The van der Waals surface area contributed by atoms with E-state index in [-0.39, 0.29) is 24.8 Å². The highest BCUT2D eigenvalue weighted by atomic mass is 19.3. The molecule has 7 heteroatoms. The third-order valence-electron chi connectivity index (χ3n) is 2.80. The Labute approximate surface area is 104 Å². The molecule has 1 rings (SSSR count). The summed E-state index contributed by atoms with van der Waals surface area (Å²) in [6.45, 7) is 1.77. The summed E-state index contributed by atoms with van der Waals surface area (Å²) in [6, 6.07) is -0.227. The van der Waals surface area contributed by atoms with Gasteiger partial charge in [0.05, 0.1) is 13.0 Å². The van der Waals surface area contributed by atoms with E-state index in [2.05, 4.69) is 4.98 Å². The van der Waals surface area contributed by atoms with Crippen LogP contribution in [-0.4, -0.2) is 38.1 Å². The summed E-state index contributed by atoms with van der Waals surface area (Å²) in [6.07, 6.45) is 2.51. The number of carbonyl (C=O) groups is 1. The highest BCUT2D eigenvalue weighted by Gasteiger charge is 2.19. The van der Waals surface area contributed by atoms with Crippen LogP contribution >= 0.6 is 0 Å². The van der Waals surface area contributed by atoms with Crippen LogP contribution in [0.1, 0.15) is 32.6 Å². The van der Waals surface area contributed by atoms with Crippen molar-refractivity contribution in [3.05, 3.63) is 18.2 Å². The summed E-state index contributed by atoms with van der Waals surface area (Å²) in [5.41, 5.74) is 0. The number of halogens is 2. The van der Waals surface area contributed by atoms with Crippen molar-refractivity contribution in [2.45, 2.75) is 39.4 Å². The van der Waals surface area contributed by atoms with E-state index in [1.165, 1.54) is 12.4 Å². The normalized spacial score (nSPS) is 13.2. The average molecular weight is 261 g/mol. The van der Waals surface area contributed by atoms with Crippen molar-refractivity contribution in [2.24, 2.45) is 0 Å². The SMILES string of the molecule is CCN(Cc1nccn1C(F)F)C(C)CC(=O)O. The second-order valence-electron chi connectivity index (χ2n) is 4.04. The molecule has 1 atom stereocenters. The second kappa shape index (κ2) is 6.44. The van der Waals surface area contributed by atoms with Crippen LogP contribution in [0.25, 0.3) is 0 Å². The quantitative estimate of drug-likeness (QED) is 0.815. The van der Waals surface area contributed by atoms with Gasteiger partial charge in [-0.15, -0.1) is 0 Å². The van der Waals surface area contributed by atoms with E-state index in [4.69, 9.17) is 5.11 Å². The fourth-order valence-electron chi connectivity index (χ4n) is 1.79. The van der Waals surface area contributed by atoms with Crippen LogP contribution in [0.2, 0.25) is 0 Å². The van der Waals surface area contributed by atoms with Gasteiger partial charge in [-0.2, -0.15) is 8.78 Å². The second-order valence-corrected chi connectivity index (χ2v) is 4.04. The van der Waals surface area contributed by atoms with Crippen molar-refractivity contribution in [1.82, 2.24) is 14.5 Å². The molecule has 0 aliphatic rings. The Morgan fingerprint density at radius 1 is 1.61 bits per heavy atom. The van der Waals surface area contributed by atoms with E-state index in [0.717, 1.165) is 4.57 Å². The van der Waals surface area contributed by atoms with Gasteiger partial charge < -0.3 is 5.11 Å². The van der Waals surface area contributed by atoms with E-state index >= 15 is 0 Å². The average Bonchev–Trinajstić information content (AvgIpc) is 2.72. The Bertz CT molecular complexity index is 395. The van der Waals surface area contributed by atoms with Crippen LogP contribution in [0.4, 0.5) is 8.78 Å². The van der Waals surface area contributed by atoms with Crippen molar-refractivity contribution >= 4 is 5.97 Å². The minimum atomic E-state index is -2.63. The molecule has 0 radical (unpaired) electrons. The maximum atomic E-state index is 12.6. The number of imidazole rings is 1. The lowest BCUT2D eigenvalue weighted by molar-refractivity contribution is -0.138. The summed E-state index contributed by atoms with van der Waals surface area (Å²) in [5.74, 6) is -0.665. The molecule has 1 aromatic rings. The Morgan fingerprint density at radius 2 is 2.28 bits per heavy atom. The van der Waals surface area contributed by atoms with Crippen molar-refractivity contribution in [3.8, 4) is 0 Å². The van der Waals surface area contributed by atoms with Gasteiger partial charge in [0.25, 0.3) is 0 Å². The summed E-state index contributed by atoms with van der Waals surface area (Å²) < 4.78 is 26.1. The van der Waals surface area contributed by atoms with Crippen molar-refractivity contribution in [1.29, 1.82) is 0 Å². The molecule has 0 saturated carbocycles. The topological polar surface area (TPSA) is 58.4 Å². The number of carboxylic acid groups (broad SMARTS) is 1. The number of rotatable bonds is 7. The Hall–Kier alpha value is -1.50. The molecule has 0 bridgehead atoms. The zero-order valence-corrected chi connectivity index (χ0v) is 10.4. The summed E-state index contributed by atoms with van der Waals surface area (Å²) in [7, 11) is 0. The summed E-state index contributed by atoms with van der Waals surface area (Å²) >= 11 is 0. The molecular formula is C11H17F2N3O2. The third-order valence-corrected chi connectivity index (χ3v) is 2.80. The molecule has 1 heterocycles. The summed E-state index contributed by atoms with van der Waals surface area (Å²) in [4.78, 5) is 16.3. The maximum Gasteiger partial charge on any atom is 0.319 e. The van der Waals surface area contributed by atoms with Crippen LogP contribution in [0.3, 0.4) is 0 Å². The zero-order chi connectivity index (χ0) is 13.7. The largest absolute Gasteiger partial charge is 0.481 e. The number of alkyl halides is 2. The number of aromatic nitrogens is 2. The highest BCUT2D eigenvalue weighted by molar-refractivity contribution is 5.67. The van der Waals surface area contributed by atoms with Crippen LogP contribution in [-0.2, 0) is 11.3 Å². The number of hydrogen-bond acceptors (Lipinski definition) is 3. The highest BCUT2D eigenvalue weighted by Crippen LogP contribution is 2.15. The van der Waals surface area contributed by atoms with Gasteiger partial charge >= 0.3 is 12.5 Å². The smallest absolute Gasteiger partial charge is 0.319 e.